The van der Waals surface area contributed by atoms with Crippen LogP contribution < -0.4 is 4.74 Å². The summed E-state index contributed by atoms with van der Waals surface area (Å²) in [5, 5.41) is 0.734. The Bertz CT molecular complexity index is 681. The fourth-order valence-corrected chi connectivity index (χ4v) is 3.09. The summed E-state index contributed by atoms with van der Waals surface area (Å²) in [6.07, 6.45) is 0.858. The average Bonchev–Trinajstić information content (AvgIpc) is 3.25. The molecule has 1 atom stereocenters. The highest BCUT2D eigenvalue weighted by atomic mass is 32.1. The predicted octanol–water partition coefficient (Wildman–Crippen LogP) is 3.12. The first-order valence-corrected chi connectivity index (χ1v) is 8.03. The van der Waals surface area contributed by atoms with Gasteiger partial charge < -0.3 is 18.9 Å². The van der Waals surface area contributed by atoms with Crippen molar-refractivity contribution in [2.45, 2.75) is 19.3 Å². The van der Waals surface area contributed by atoms with E-state index in [4.69, 9.17) is 18.9 Å². The molecule has 0 spiro atoms. The van der Waals surface area contributed by atoms with Crippen LogP contribution in [-0.4, -0.2) is 31.3 Å². The van der Waals surface area contributed by atoms with Crippen molar-refractivity contribution in [1.82, 2.24) is 4.98 Å². The second-order valence-corrected chi connectivity index (χ2v) is 6.02. The topological polar surface area (TPSA) is 66.9 Å². The number of esters is 1. The van der Waals surface area contributed by atoms with Gasteiger partial charge >= 0.3 is 5.97 Å². The molecule has 23 heavy (non-hydrogen) atoms. The molecule has 6 nitrogen and oxygen atoms in total. The van der Waals surface area contributed by atoms with E-state index in [0.717, 1.165) is 9.88 Å². The van der Waals surface area contributed by atoms with Gasteiger partial charge in [-0.2, -0.15) is 0 Å². The molecule has 1 unspecified atom stereocenters. The number of para-hydroxylation sites is 1. The van der Waals surface area contributed by atoms with Gasteiger partial charge in [0.1, 0.15) is 22.4 Å². The molecule has 1 aromatic carbocycles. The summed E-state index contributed by atoms with van der Waals surface area (Å²) in [4.78, 5) is 17.4. The number of methoxy groups -OCH3 is 1. The van der Waals surface area contributed by atoms with E-state index < -0.39 is 18.4 Å². The lowest BCUT2D eigenvalue weighted by Gasteiger charge is -2.13. The summed E-state index contributed by atoms with van der Waals surface area (Å²) in [5.41, 5.74) is 0.397. The second kappa shape index (κ2) is 7.08. The molecule has 122 valence electrons. The van der Waals surface area contributed by atoms with Gasteiger partial charge in [-0.15, -0.1) is 11.3 Å². The second-order valence-electron chi connectivity index (χ2n) is 4.92. The third-order valence-corrected chi connectivity index (χ3v) is 4.56. The predicted molar refractivity (Wildman–Crippen MR) is 83.6 cm³/mol. The molecular weight excluding hydrogens is 318 g/mol. The largest absolute Gasteiger partial charge is 0.496 e. The van der Waals surface area contributed by atoms with E-state index in [-0.39, 0.29) is 0 Å². The first kappa shape index (κ1) is 15.9. The van der Waals surface area contributed by atoms with Crippen LogP contribution in [0.2, 0.25) is 0 Å². The number of nitrogens with zero attached hydrogens (tertiary/aromatic N) is 1. The average molecular weight is 335 g/mol. The van der Waals surface area contributed by atoms with Crippen LogP contribution in [0.25, 0.3) is 0 Å². The summed E-state index contributed by atoms with van der Waals surface area (Å²) >= 11 is 1.42. The van der Waals surface area contributed by atoms with Gasteiger partial charge in [0.2, 0.25) is 6.29 Å². The molecular formula is C16H17NO5S. The number of carbonyl (C=O) groups excluding carboxylic acids is 1. The number of benzene rings is 1. The zero-order valence-electron chi connectivity index (χ0n) is 12.9. The smallest absolute Gasteiger partial charge is 0.342 e. The normalized spacial score (nSPS) is 16.3. The van der Waals surface area contributed by atoms with Crippen molar-refractivity contribution in [1.29, 1.82) is 0 Å². The molecule has 0 N–H and O–H groups in total. The fourth-order valence-electron chi connectivity index (χ4n) is 2.19. The van der Waals surface area contributed by atoms with E-state index in [0.29, 0.717) is 24.5 Å². The zero-order valence-corrected chi connectivity index (χ0v) is 13.7. The quantitative estimate of drug-likeness (QED) is 0.782. The van der Waals surface area contributed by atoms with Crippen molar-refractivity contribution >= 4 is 17.3 Å². The molecule has 0 radical (unpaired) electrons. The van der Waals surface area contributed by atoms with Crippen LogP contribution in [0.4, 0.5) is 0 Å². The summed E-state index contributed by atoms with van der Waals surface area (Å²) in [6.45, 7) is 2.94. The van der Waals surface area contributed by atoms with Crippen LogP contribution in [0.1, 0.15) is 39.6 Å². The van der Waals surface area contributed by atoms with Crippen molar-refractivity contribution in [2.24, 2.45) is 0 Å². The maximum atomic E-state index is 12.3. The number of hydrogen-bond donors (Lipinski definition) is 0. The van der Waals surface area contributed by atoms with Gasteiger partial charge in [0.05, 0.1) is 25.2 Å². The van der Waals surface area contributed by atoms with E-state index >= 15 is 0 Å². The van der Waals surface area contributed by atoms with E-state index in [1.807, 2.05) is 0 Å². The number of ether oxygens (including phenoxy) is 4. The molecule has 3 rings (SSSR count). The Hall–Kier alpha value is -1.96. The Morgan fingerprint density at radius 1 is 1.35 bits per heavy atom. The van der Waals surface area contributed by atoms with Gasteiger partial charge in [0.15, 0.2) is 0 Å². The van der Waals surface area contributed by atoms with Gasteiger partial charge in [0.25, 0.3) is 0 Å². The molecule has 0 aliphatic carbocycles. The Labute approximate surface area is 138 Å². The van der Waals surface area contributed by atoms with Gasteiger partial charge in [-0.25, -0.2) is 9.78 Å². The van der Waals surface area contributed by atoms with Crippen molar-refractivity contribution in [3.05, 3.63) is 45.9 Å². The van der Waals surface area contributed by atoms with Crippen LogP contribution in [0, 0.1) is 0 Å². The maximum absolute atomic E-state index is 12.3. The first-order valence-electron chi connectivity index (χ1n) is 7.22. The molecule has 2 heterocycles. The van der Waals surface area contributed by atoms with E-state index in [2.05, 4.69) is 4.98 Å². The van der Waals surface area contributed by atoms with Crippen LogP contribution in [-0.2, 0) is 14.2 Å². The highest BCUT2D eigenvalue weighted by Crippen LogP contribution is 2.32. The van der Waals surface area contributed by atoms with Crippen LogP contribution in [0.5, 0.6) is 5.75 Å². The van der Waals surface area contributed by atoms with E-state index in [1.54, 1.807) is 37.4 Å². The maximum Gasteiger partial charge on any atom is 0.342 e. The fraction of sp³-hybridized carbons (Fsp3) is 0.375. The number of carbonyl (C=O) groups is 1. The van der Waals surface area contributed by atoms with E-state index in [9.17, 15) is 4.79 Å². The highest BCUT2D eigenvalue weighted by molar-refractivity contribution is 7.11. The SMILES string of the molecule is COc1ccccc1C(=O)OC(C)c1cnc(C2OCCO2)s1. The lowest BCUT2D eigenvalue weighted by molar-refractivity contribution is -0.0442. The lowest BCUT2D eigenvalue weighted by atomic mass is 10.2. The number of hydrogen-bond acceptors (Lipinski definition) is 7. The van der Waals surface area contributed by atoms with Gasteiger partial charge in [-0.3, -0.25) is 0 Å². The third kappa shape index (κ3) is 3.52. The molecule has 0 saturated carbocycles. The number of aromatic nitrogens is 1. The Balaban J connectivity index is 1.68. The minimum Gasteiger partial charge on any atom is -0.496 e. The van der Waals surface area contributed by atoms with Gasteiger partial charge in [0, 0.05) is 6.20 Å². The Morgan fingerprint density at radius 3 is 2.83 bits per heavy atom. The van der Waals surface area contributed by atoms with Crippen molar-refractivity contribution < 1.29 is 23.7 Å². The van der Waals surface area contributed by atoms with Gasteiger partial charge in [-0.1, -0.05) is 12.1 Å². The Morgan fingerprint density at radius 2 is 2.09 bits per heavy atom. The van der Waals surface area contributed by atoms with Crippen LogP contribution in [0.3, 0.4) is 0 Å². The summed E-state index contributed by atoms with van der Waals surface area (Å²) in [5.74, 6) is 0.0562. The minimum absolute atomic E-state index is 0.397. The summed E-state index contributed by atoms with van der Waals surface area (Å²) < 4.78 is 21.5. The standard InChI is InChI=1S/C16H17NO5S/c1-10(13-9-17-14(23-13)16-20-7-8-21-16)22-15(18)11-5-3-4-6-12(11)19-2/h3-6,9-10,16H,7-8H2,1-2H3. The molecule has 0 bridgehead atoms. The molecule has 7 heteroatoms. The molecule has 0 amide bonds. The molecule has 1 aliphatic rings. The minimum atomic E-state index is -0.432. The van der Waals surface area contributed by atoms with Gasteiger partial charge in [-0.05, 0) is 19.1 Å². The molecule has 2 aromatic rings. The van der Waals surface area contributed by atoms with Crippen molar-refractivity contribution in [3.8, 4) is 5.75 Å². The van der Waals surface area contributed by atoms with Crippen LogP contribution >= 0.6 is 11.3 Å². The van der Waals surface area contributed by atoms with Crippen molar-refractivity contribution in [3.63, 3.8) is 0 Å². The third-order valence-electron chi connectivity index (χ3n) is 3.38. The molecule has 1 aliphatic heterocycles. The molecule has 1 aromatic heterocycles. The van der Waals surface area contributed by atoms with Crippen LogP contribution in [0.15, 0.2) is 30.5 Å². The molecule has 1 fully saturated rings. The zero-order chi connectivity index (χ0) is 16.2. The van der Waals surface area contributed by atoms with E-state index in [1.165, 1.54) is 18.4 Å². The first-order chi connectivity index (χ1) is 11.2. The number of rotatable bonds is 5. The monoisotopic (exact) mass is 335 g/mol. The summed E-state index contributed by atoms with van der Waals surface area (Å²) in [7, 11) is 1.52. The lowest BCUT2D eigenvalue weighted by Crippen LogP contribution is -2.09. The van der Waals surface area contributed by atoms with Crippen molar-refractivity contribution in [2.75, 3.05) is 20.3 Å². The molecule has 1 saturated heterocycles. The highest BCUT2D eigenvalue weighted by Gasteiger charge is 2.24. The Kier molecular flexibility index (Phi) is 4.90. The number of thiazole rings is 1. The summed E-state index contributed by atoms with van der Waals surface area (Å²) in [6, 6.07) is 6.96.